The van der Waals surface area contributed by atoms with Gasteiger partial charge in [-0.25, -0.2) is 0 Å². The molecule has 6 heteroatoms. The lowest BCUT2D eigenvalue weighted by atomic mass is 9.43. The van der Waals surface area contributed by atoms with Gasteiger partial charge in [0.2, 0.25) is 0 Å². The van der Waals surface area contributed by atoms with E-state index in [1.807, 2.05) is 6.92 Å². The molecule has 0 aromatic rings. The molecule has 1 unspecified atom stereocenters. The van der Waals surface area contributed by atoms with Crippen molar-refractivity contribution in [3.63, 3.8) is 0 Å². The summed E-state index contributed by atoms with van der Waals surface area (Å²) in [5.41, 5.74) is -2.44. The van der Waals surface area contributed by atoms with Crippen molar-refractivity contribution in [2.45, 2.75) is 89.3 Å². The minimum atomic E-state index is -1.59. The molecule has 4 N–H and O–H groups in total. The Morgan fingerprint density at radius 3 is 2.38 bits per heavy atom. The number of rotatable bonds is 1. The normalized spacial score (nSPS) is 56.5. The van der Waals surface area contributed by atoms with Crippen molar-refractivity contribution in [3.05, 3.63) is 0 Å². The number of hydrogen-bond acceptors (Lipinski definition) is 6. The molecule has 4 saturated carbocycles. The summed E-state index contributed by atoms with van der Waals surface area (Å²) in [7, 11) is 0. The maximum absolute atomic E-state index is 11.9. The fourth-order valence-electron chi connectivity index (χ4n) is 7.86. The summed E-state index contributed by atoms with van der Waals surface area (Å²) in [5.74, 6) is 2.00. The van der Waals surface area contributed by atoms with Gasteiger partial charge in [-0.15, -0.1) is 6.42 Å². The third-order valence-corrected chi connectivity index (χ3v) is 9.48. The summed E-state index contributed by atoms with van der Waals surface area (Å²) in [5, 5.41) is 43.0. The Balaban J connectivity index is 1.78. The van der Waals surface area contributed by atoms with Crippen LogP contribution in [0.3, 0.4) is 0 Å². The summed E-state index contributed by atoms with van der Waals surface area (Å²) in [6, 6.07) is 0. The van der Waals surface area contributed by atoms with Crippen LogP contribution >= 0.6 is 0 Å². The van der Waals surface area contributed by atoms with Crippen LogP contribution in [0.4, 0.5) is 0 Å². The number of aliphatic hydroxyl groups is 4. The lowest BCUT2D eigenvalue weighted by Crippen LogP contribution is -2.64. The lowest BCUT2D eigenvalue weighted by molar-refractivity contribution is -0.221. The minimum Gasteiger partial charge on any atom is -0.462 e. The molecule has 0 amide bonds. The van der Waals surface area contributed by atoms with Gasteiger partial charge < -0.3 is 25.2 Å². The molecule has 0 radical (unpaired) electrons. The molecule has 4 aliphatic rings. The largest absolute Gasteiger partial charge is 0.462 e. The fourth-order valence-corrected chi connectivity index (χ4v) is 7.86. The van der Waals surface area contributed by atoms with E-state index >= 15 is 0 Å². The molecule has 0 saturated heterocycles. The van der Waals surface area contributed by atoms with E-state index in [0.717, 1.165) is 12.8 Å². The first kappa shape index (κ1) is 21.1. The van der Waals surface area contributed by atoms with Gasteiger partial charge >= 0.3 is 5.97 Å². The predicted octanol–water partition coefficient (Wildman–Crippen LogP) is 1.24. The molecule has 0 aliphatic heterocycles. The highest BCUT2D eigenvalue weighted by Gasteiger charge is 2.70. The minimum absolute atomic E-state index is 0.0432. The van der Waals surface area contributed by atoms with Crippen LogP contribution in [0.1, 0.15) is 59.3 Å². The lowest BCUT2D eigenvalue weighted by Gasteiger charge is -2.63. The zero-order chi connectivity index (χ0) is 21.4. The van der Waals surface area contributed by atoms with E-state index in [4.69, 9.17) is 11.2 Å². The summed E-state index contributed by atoms with van der Waals surface area (Å²) in [6.07, 6.45) is 6.33. The number of esters is 1. The molecule has 0 bridgehead atoms. The van der Waals surface area contributed by atoms with Crippen molar-refractivity contribution >= 4 is 5.97 Å². The Hall–Kier alpha value is -1.13. The molecule has 0 spiro atoms. The first-order chi connectivity index (χ1) is 13.5. The molecule has 6 nitrogen and oxygen atoms in total. The number of fused-ring (bicyclic) bond motifs is 5. The SMILES string of the molecule is C#C[C@]1(O)[C@H](O)C[C@H]2[C@@H]3[C@@H](OC(C)=O)CC4[C@@H](O)[C@H](O)CC[C@]4(C)[C@H]3CC[C@@]21C. The Bertz CT molecular complexity index is 731. The maximum Gasteiger partial charge on any atom is 0.302 e. The Labute approximate surface area is 172 Å². The second kappa shape index (κ2) is 6.68. The Morgan fingerprint density at radius 2 is 1.76 bits per heavy atom. The number of terminal acetylenes is 1. The average Bonchev–Trinajstić information content (AvgIpc) is 2.87. The maximum atomic E-state index is 11.9. The molecular formula is C23H34O6. The molecule has 4 rings (SSSR count). The van der Waals surface area contributed by atoms with E-state index in [2.05, 4.69) is 12.8 Å². The smallest absolute Gasteiger partial charge is 0.302 e. The Morgan fingerprint density at radius 1 is 1.07 bits per heavy atom. The molecular weight excluding hydrogens is 372 g/mol. The van der Waals surface area contributed by atoms with Gasteiger partial charge in [-0.1, -0.05) is 19.8 Å². The van der Waals surface area contributed by atoms with Crippen LogP contribution in [0.25, 0.3) is 0 Å². The molecule has 0 aromatic heterocycles. The number of ether oxygens (including phenoxy) is 1. The van der Waals surface area contributed by atoms with Gasteiger partial charge in [-0.05, 0) is 61.7 Å². The quantitative estimate of drug-likeness (QED) is 0.386. The summed E-state index contributed by atoms with van der Waals surface area (Å²) >= 11 is 0. The fraction of sp³-hybridized carbons (Fsp3) is 0.870. The number of hydrogen-bond donors (Lipinski definition) is 4. The van der Waals surface area contributed by atoms with Gasteiger partial charge in [0, 0.05) is 18.3 Å². The third-order valence-electron chi connectivity index (χ3n) is 9.48. The zero-order valence-corrected chi connectivity index (χ0v) is 17.5. The van der Waals surface area contributed by atoms with Crippen molar-refractivity contribution in [2.24, 2.45) is 34.5 Å². The van der Waals surface area contributed by atoms with Crippen molar-refractivity contribution < 1.29 is 30.0 Å². The first-order valence-electron chi connectivity index (χ1n) is 10.9. The topological polar surface area (TPSA) is 107 Å². The van der Waals surface area contributed by atoms with E-state index in [1.165, 1.54) is 6.92 Å². The third kappa shape index (κ3) is 2.67. The highest BCUT2D eigenvalue weighted by Crippen LogP contribution is 2.68. The first-order valence-corrected chi connectivity index (χ1v) is 10.9. The van der Waals surface area contributed by atoms with Crippen molar-refractivity contribution in [1.82, 2.24) is 0 Å². The van der Waals surface area contributed by atoms with E-state index in [9.17, 15) is 25.2 Å². The van der Waals surface area contributed by atoms with Gasteiger partial charge in [0.1, 0.15) is 6.10 Å². The highest BCUT2D eigenvalue weighted by molar-refractivity contribution is 5.66. The second-order valence-corrected chi connectivity index (χ2v) is 10.5. The van der Waals surface area contributed by atoms with Gasteiger partial charge in [-0.2, -0.15) is 0 Å². The molecule has 11 atom stereocenters. The number of carbonyl (C=O) groups is 1. The monoisotopic (exact) mass is 406 g/mol. The van der Waals surface area contributed by atoms with E-state index in [0.29, 0.717) is 25.7 Å². The summed E-state index contributed by atoms with van der Waals surface area (Å²) in [6.45, 7) is 5.54. The summed E-state index contributed by atoms with van der Waals surface area (Å²) < 4.78 is 5.78. The van der Waals surface area contributed by atoms with Gasteiger partial charge in [0.25, 0.3) is 0 Å². The van der Waals surface area contributed by atoms with Crippen LogP contribution in [0, 0.1) is 46.8 Å². The van der Waals surface area contributed by atoms with E-state index in [1.54, 1.807) is 0 Å². The molecule has 162 valence electrons. The van der Waals surface area contributed by atoms with Crippen LogP contribution in [0.15, 0.2) is 0 Å². The van der Waals surface area contributed by atoms with Gasteiger partial charge in [0.15, 0.2) is 5.60 Å². The van der Waals surface area contributed by atoms with E-state index < -0.39 is 35.4 Å². The number of aliphatic hydroxyl groups excluding tert-OH is 3. The zero-order valence-electron chi connectivity index (χ0n) is 17.5. The Kier molecular flexibility index (Phi) is 4.87. The molecule has 0 heterocycles. The van der Waals surface area contributed by atoms with Crippen LogP contribution < -0.4 is 0 Å². The van der Waals surface area contributed by atoms with Crippen molar-refractivity contribution in [3.8, 4) is 12.3 Å². The average molecular weight is 407 g/mol. The van der Waals surface area contributed by atoms with Gasteiger partial charge in [-0.3, -0.25) is 4.79 Å². The standard InChI is InChI=1S/C23H34O6/c1-5-23(28)18(26)11-14-19-13(6-9-22(14,23)4)21(3)8-7-16(25)20(27)15(21)10-17(19)29-12(2)24/h1,13-20,25-28H,6-11H2,2-4H3/t13-,14-,15?,16+,17-,18+,19+,20+,21+,22-,23-/m0/s1. The number of carbonyl (C=O) groups excluding carboxylic acids is 1. The molecule has 4 aliphatic carbocycles. The van der Waals surface area contributed by atoms with Crippen LogP contribution in [-0.2, 0) is 9.53 Å². The predicted molar refractivity (Wildman–Crippen MR) is 105 cm³/mol. The molecule has 0 aromatic carbocycles. The van der Waals surface area contributed by atoms with Gasteiger partial charge in [0.05, 0.1) is 18.3 Å². The van der Waals surface area contributed by atoms with Crippen LogP contribution in [0.5, 0.6) is 0 Å². The van der Waals surface area contributed by atoms with Crippen LogP contribution in [-0.4, -0.2) is 56.4 Å². The second-order valence-electron chi connectivity index (χ2n) is 10.5. The van der Waals surface area contributed by atoms with Crippen LogP contribution in [0.2, 0.25) is 0 Å². The van der Waals surface area contributed by atoms with E-state index in [-0.39, 0.29) is 35.1 Å². The molecule has 4 fully saturated rings. The molecule has 29 heavy (non-hydrogen) atoms. The van der Waals surface area contributed by atoms with Crippen molar-refractivity contribution in [2.75, 3.05) is 0 Å². The van der Waals surface area contributed by atoms with Crippen molar-refractivity contribution in [1.29, 1.82) is 0 Å². The summed E-state index contributed by atoms with van der Waals surface area (Å²) in [4.78, 5) is 11.9. The highest BCUT2D eigenvalue weighted by atomic mass is 16.5.